The molecule has 0 spiro atoms. The molecule has 3 atom stereocenters. The summed E-state index contributed by atoms with van der Waals surface area (Å²) in [6.07, 6.45) is 8.07. The molecule has 0 saturated heterocycles. The van der Waals surface area contributed by atoms with E-state index >= 15 is 0 Å². The molecule has 34 heavy (non-hydrogen) atoms. The number of benzene rings is 1. The number of hydrogen-bond donors (Lipinski definition) is 2. The molecule has 0 fully saturated rings. The lowest BCUT2D eigenvalue weighted by atomic mass is 9.53. The summed E-state index contributed by atoms with van der Waals surface area (Å²) in [5.74, 6) is 2.09. The maximum atomic E-state index is 11.2. The second-order valence-corrected chi connectivity index (χ2v) is 12.3. The fraction of sp³-hybridized carbons (Fsp3) is 0.593. The predicted molar refractivity (Wildman–Crippen MR) is 143 cm³/mol. The van der Waals surface area contributed by atoms with E-state index in [0.717, 1.165) is 79.7 Å². The zero-order valence-corrected chi connectivity index (χ0v) is 21.9. The Kier molecular flexibility index (Phi) is 7.55. The van der Waals surface area contributed by atoms with Gasteiger partial charge < -0.3 is 11.1 Å². The van der Waals surface area contributed by atoms with Gasteiger partial charge >= 0.3 is 0 Å². The van der Waals surface area contributed by atoms with Crippen molar-refractivity contribution >= 4 is 29.4 Å². The molecule has 5 nitrogen and oxygen atoms in total. The van der Waals surface area contributed by atoms with Crippen molar-refractivity contribution in [1.29, 1.82) is 10.5 Å². The Morgan fingerprint density at radius 2 is 1.68 bits per heavy atom. The smallest absolute Gasteiger partial charge is 0.178 e. The highest BCUT2D eigenvalue weighted by molar-refractivity contribution is 8.18. The Balaban J connectivity index is 1.99. The lowest BCUT2D eigenvalue weighted by Gasteiger charge is -2.54. The van der Waals surface area contributed by atoms with Crippen molar-refractivity contribution in [1.82, 2.24) is 5.32 Å². The van der Waals surface area contributed by atoms with Crippen LogP contribution >= 0.6 is 23.5 Å². The first-order chi connectivity index (χ1) is 16.6. The molecule has 3 N–H and O–H groups in total. The van der Waals surface area contributed by atoms with Crippen LogP contribution in [-0.2, 0) is 0 Å². The minimum atomic E-state index is -1.27. The third-order valence-electron chi connectivity index (χ3n) is 7.48. The number of nitrogens with zero attached hydrogens (tertiary/aromatic N) is 3. The Bertz CT molecular complexity index is 1030. The lowest BCUT2D eigenvalue weighted by Crippen LogP contribution is -2.62. The molecule has 4 rings (SSSR count). The molecule has 180 valence electrons. The number of fused-ring (bicyclic) bond motifs is 2. The molecular formula is C27H35N5S2. The average Bonchev–Trinajstić information content (AvgIpc) is 3.10. The number of amidine groups is 1. The fourth-order valence-electron chi connectivity index (χ4n) is 5.77. The van der Waals surface area contributed by atoms with Crippen LogP contribution in [0.4, 0.5) is 0 Å². The Morgan fingerprint density at radius 1 is 1.03 bits per heavy atom. The number of unbranched alkanes of at least 4 members (excludes halogenated alkanes) is 2. The van der Waals surface area contributed by atoms with Gasteiger partial charge in [-0.1, -0.05) is 57.0 Å². The van der Waals surface area contributed by atoms with Crippen LogP contribution in [0.5, 0.6) is 0 Å². The number of hydrogen-bond acceptors (Lipinski definition) is 7. The van der Waals surface area contributed by atoms with Crippen molar-refractivity contribution in [2.24, 2.45) is 21.6 Å². The topological polar surface area (TPSA) is 98.0 Å². The Morgan fingerprint density at radius 3 is 2.26 bits per heavy atom. The standard InChI is InChI=1S/C27H35N5S2/c1-3-5-16-33-27(34-17-6-4-2)26(19-29)21-14-10-11-15-22(21)31-23(20-12-8-7-9-13-20)25(26,18-28)24(30)32-27/h7-9,12-13,23,31H,3-6,10-11,14-17H2,1-2H3,(H2,30,32)/t23-,25-,26-/m0/s1. The van der Waals surface area contributed by atoms with E-state index in [0.29, 0.717) is 5.84 Å². The number of nitrogens with two attached hydrogens (primary N) is 1. The quantitative estimate of drug-likeness (QED) is 0.311. The molecular weight excluding hydrogens is 458 g/mol. The normalized spacial score (nSPS) is 29.3. The summed E-state index contributed by atoms with van der Waals surface area (Å²) in [4.78, 5) is 5.16. The van der Waals surface area contributed by atoms with Gasteiger partial charge in [0.25, 0.3) is 0 Å². The van der Waals surface area contributed by atoms with E-state index in [2.05, 4.69) is 31.3 Å². The van der Waals surface area contributed by atoms with Gasteiger partial charge in [0.1, 0.15) is 5.84 Å². The first-order valence-electron chi connectivity index (χ1n) is 12.6. The van der Waals surface area contributed by atoms with Gasteiger partial charge in [-0.3, -0.25) is 0 Å². The van der Waals surface area contributed by atoms with Crippen molar-refractivity contribution in [3.8, 4) is 12.1 Å². The third-order valence-corrected chi connectivity index (χ3v) is 10.7. The SMILES string of the molecule is CCCCSC1(SCCCC)N=C(N)[C@]2(C#N)[C@H](c3ccccc3)NC3=C(CCCC3)[C@]12C#N. The number of rotatable bonds is 9. The molecule has 1 aromatic carbocycles. The van der Waals surface area contributed by atoms with Crippen molar-refractivity contribution in [2.45, 2.75) is 75.5 Å². The number of nitrogens with one attached hydrogen (secondary N) is 1. The number of aliphatic imine (C=N–C) groups is 1. The summed E-state index contributed by atoms with van der Waals surface area (Å²) in [6.45, 7) is 4.36. The van der Waals surface area contributed by atoms with Gasteiger partial charge in [-0.25, -0.2) is 4.99 Å². The van der Waals surface area contributed by atoms with E-state index in [-0.39, 0.29) is 0 Å². The molecule has 0 bridgehead atoms. The molecule has 0 unspecified atom stereocenters. The highest BCUT2D eigenvalue weighted by Gasteiger charge is 2.77. The number of thioether (sulfide) groups is 2. The van der Waals surface area contributed by atoms with Crippen LogP contribution in [0.25, 0.3) is 0 Å². The van der Waals surface area contributed by atoms with Gasteiger partial charge in [0.05, 0.1) is 18.2 Å². The van der Waals surface area contributed by atoms with E-state index < -0.39 is 21.1 Å². The van der Waals surface area contributed by atoms with Gasteiger partial charge in [-0.05, 0) is 61.2 Å². The molecule has 1 aromatic rings. The van der Waals surface area contributed by atoms with Gasteiger partial charge in [-0.2, -0.15) is 10.5 Å². The maximum absolute atomic E-state index is 11.2. The zero-order valence-electron chi connectivity index (χ0n) is 20.3. The number of allylic oxidation sites excluding steroid dienone is 1. The molecule has 7 heteroatoms. The fourth-order valence-corrected chi connectivity index (χ4v) is 9.44. The summed E-state index contributed by atoms with van der Waals surface area (Å²) >= 11 is 3.49. The lowest BCUT2D eigenvalue weighted by molar-refractivity contribution is 0.185. The van der Waals surface area contributed by atoms with E-state index in [9.17, 15) is 10.5 Å². The summed E-state index contributed by atoms with van der Waals surface area (Å²) in [6, 6.07) is 15.0. The molecule has 0 aromatic heterocycles. The molecule has 0 amide bonds. The molecule has 0 radical (unpaired) electrons. The molecule has 2 aliphatic heterocycles. The summed E-state index contributed by atoms with van der Waals surface area (Å²) in [5.41, 5.74) is 7.62. The maximum Gasteiger partial charge on any atom is 0.178 e. The second-order valence-electron chi connectivity index (χ2n) is 9.42. The van der Waals surface area contributed by atoms with E-state index in [1.165, 1.54) is 0 Å². The zero-order chi connectivity index (χ0) is 24.2. The minimum absolute atomic E-state index is 0.308. The Hall–Kier alpha value is -2.09. The summed E-state index contributed by atoms with van der Waals surface area (Å²) in [5, 5.41) is 25.9. The largest absolute Gasteiger partial charge is 0.386 e. The molecule has 2 heterocycles. The minimum Gasteiger partial charge on any atom is -0.386 e. The highest BCUT2D eigenvalue weighted by Crippen LogP contribution is 2.72. The summed E-state index contributed by atoms with van der Waals surface area (Å²) in [7, 11) is 0. The van der Waals surface area contributed by atoms with Crippen LogP contribution in [0, 0.1) is 33.5 Å². The third kappa shape index (κ3) is 3.55. The van der Waals surface area contributed by atoms with E-state index in [1.807, 2.05) is 30.3 Å². The van der Waals surface area contributed by atoms with Crippen molar-refractivity contribution in [2.75, 3.05) is 11.5 Å². The van der Waals surface area contributed by atoms with E-state index in [4.69, 9.17) is 10.7 Å². The monoisotopic (exact) mass is 493 g/mol. The predicted octanol–water partition coefficient (Wildman–Crippen LogP) is 6.27. The summed E-state index contributed by atoms with van der Waals surface area (Å²) < 4.78 is -0.820. The van der Waals surface area contributed by atoms with Crippen LogP contribution < -0.4 is 11.1 Å². The van der Waals surface area contributed by atoms with Crippen LogP contribution in [0.3, 0.4) is 0 Å². The molecule has 0 saturated carbocycles. The van der Waals surface area contributed by atoms with Crippen LogP contribution in [-0.4, -0.2) is 21.5 Å². The van der Waals surface area contributed by atoms with Crippen molar-refractivity contribution < 1.29 is 0 Å². The van der Waals surface area contributed by atoms with Gasteiger partial charge in [-0.15, -0.1) is 23.5 Å². The molecule has 3 aliphatic rings. The Labute approximate surface area is 212 Å². The highest BCUT2D eigenvalue weighted by atomic mass is 32.2. The first-order valence-corrected chi connectivity index (χ1v) is 14.5. The first kappa shape index (κ1) is 25.0. The average molecular weight is 494 g/mol. The van der Waals surface area contributed by atoms with Crippen molar-refractivity contribution in [3.63, 3.8) is 0 Å². The van der Waals surface area contributed by atoms with Crippen LogP contribution in [0.1, 0.15) is 76.8 Å². The van der Waals surface area contributed by atoms with E-state index in [1.54, 1.807) is 23.5 Å². The van der Waals surface area contributed by atoms with Gasteiger partial charge in [0, 0.05) is 5.70 Å². The number of nitriles is 2. The van der Waals surface area contributed by atoms with Gasteiger partial charge in [0.2, 0.25) is 0 Å². The van der Waals surface area contributed by atoms with Crippen molar-refractivity contribution in [3.05, 3.63) is 47.2 Å². The van der Waals surface area contributed by atoms with Crippen LogP contribution in [0.15, 0.2) is 46.6 Å². The van der Waals surface area contributed by atoms with Crippen LogP contribution in [0.2, 0.25) is 0 Å². The second kappa shape index (κ2) is 10.3. The molecule has 1 aliphatic carbocycles. The van der Waals surface area contributed by atoms with Gasteiger partial charge in [0.15, 0.2) is 15.0 Å².